The van der Waals surface area contributed by atoms with Gasteiger partial charge in [0, 0.05) is 30.9 Å². The van der Waals surface area contributed by atoms with E-state index in [1.807, 2.05) is 47.7 Å². The monoisotopic (exact) mass is 552 g/mol. The van der Waals surface area contributed by atoms with Gasteiger partial charge in [0.15, 0.2) is 0 Å². The van der Waals surface area contributed by atoms with Gasteiger partial charge in [-0.1, -0.05) is 54.6 Å². The fraction of sp³-hybridized carbons (Fsp3) is 0. The number of hydrogen-bond acceptors (Lipinski definition) is 4. The van der Waals surface area contributed by atoms with E-state index in [-0.39, 0.29) is 0 Å². The van der Waals surface area contributed by atoms with Crippen molar-refractivity contribution in [3.63, 3.8) is 0 Å². The van der Waals surface area contributed by atoms with Gasteiger partial charge in [-0.05, 0) is 100 Å². The molecule has 194 valence electrons. The van der Waals surface area contributed by atoms with E-state index in [4.69, 9.17) is 4.42 Å². The summed E-state index contributed by atoms with van der Waals surface area (Å²) in [5.41, 5.74) is 8.71. The number of para-hydroxylation sites is 1. The molecule has 0 aliphatic heterocycles. The van der Waals surface area contributed by atoms with Crippen molar-refractivity contribution >= 4 is 53.4 Å². The fourth-order valence-electron chi connectivity index (χ4n) is 5.85. The Kier molecular flexibility index (Phi) is 5.44. The zero-order chi connectivity index (χ0) is 28.2. The molecule has 3 nitrogen and oxygen atoms in total. The number of benzene rings is 6. The highest BCUT2D eigenvalue weighted by Gasteiger charge is 2.14. The van der Waals surface area contributed by atoms with E-state index < -0.39 is 0 Å². The summed E-state index contributed by atoms with van der Waals surface area (Å²) in [6.45, 7) is 0. The first-order valence-electron chi connectivity index (χ1n) is 13.6. The minimum absolute atomic E-state index is 0.374. The molecule has 0 bridgehead atoms. The lowest BCUT2D eigenvalue weighted by molar-refractivity contribution is 0.669. The Bertz CT molecular complexity index is 2320. The van der Waals surface area contributed by atoms with Gasteiger partial charge in [-0.3, -0.25) is 0 Å². The average molecular weight is 553 g/mol. The second-order valence-electron chi connectivity index (χ2n) is 10.4. The first kappa shape index (κ1) is 24.1. The van der Waals surface area contributed by atoms with Crippen LogP contribution in [0.15, 0.2) is 126 Å². The van der Waals surface area contributed by atoms with Gasteiger partial charge in [-0.15, -0.1) is 11.3 Å². The van der Waals surface area contributed by atoms with Crippen LogP contribution >= 0.6 is 11.3 Å². The van der Waals surface area contributed by atoms with E-state index in [1.54, 1.807) is 6.07 Å². The van der Waals surface area contributed by atoms with Crippen LogP contribution in [0.2, 0.25) is 0 Å². The van der Waals surface area contributed by atoms with Crippen molar-refractivity contribution in [2.24, 2.45) is 0 Å². The number of nitrogens with zero attached hydrogens (tertiary/aromatic N) is 2. The van der Waals surface area contributed by atoms with Crippen LogP contribution in [-0.4, -0.2) is 0 Å². The number of rotatable bonds is 3. The summed E-state index contributed by atoms with van der Waals surface area (Å²) in [6.07, 6.45) is 0. The maximum absolute atomic E-state index is 9.71. The summed E-state index contributed by atoms with van der Waals surface area (Å²) in [5, 5.41) is 23.9. The number of fused-ring (bicyclic) bond motifs is 6. The minimum atomic E-state index is 0.374. The standard InChI is InChI=1S/C38H20N2OS/c39-21-26-10-9-23(15-30(26)22-40)27-16-28(24-11-13-36-33(19-24)31-5-1-3-7-35(31)41-36)18-29(17-27)25-12-14-38-34(20-25)32-6-2-4-8-37(32)42-38/h1-20H. The predicted molar refractivity (Wildman–Crippen MR) is 172 cm³/mol. The highest BCUT2D eigenvalue weighted by Crippen LogP contribution is 2.40. The highest BCUT2D eigenvalue weighted by molar-refractivity contribution is 7.25. The molecule has 0 aliphatic carbocycles. The van der Waals surface area contributed by atoms with Crippen LogP contribution in [0.3, 0.4) is 0 Å². The molecule has 8 rings (SSSR count). The normalized spacial score (nSPS) is 11.3. The number of nitriles is 2. The molecule has 8 aromatic rings. The van der Waals surface area contributed by atoms with Gasteiger partial charge in [-0.25, -0.2) is 0 Å². The molecule has 0 atom stereocenters. The second kappa shape index (κ2) is 9.46. The van der Waals surface area contributed by atoms with Crippen LogP contribution in [0, 0.1) is 22.7 Å². The van der Waals surface area contributed by atoms with Gasteiger partial charge in [0.05, 0.1) is 11.1 Å². The van der Waals surface area contributed by atoms with Crippen molar-refractivity contribution in [3.8, 4) is 45.5 Å². The molecule has 42 heavy (non-hydrogen) atoms. The van der Waals surface area contributed by atoms with Crippen LogP contribution in [0.5, 0.6) is 0 Å². The Morgan fingerprint density at radius 1 is 0.429 bits per heavy atom. The molecule has 0 fully saturated rings. The van der Waals surface area contributed by atoms with E-state index in [2.05, 4.69) is 91.0 Å². The van der Waals surface area contributed by atoms with E-state index in [0.29, 0.717) is 11.1 Å². The van der Waals surface area contributed by atoms with Crippen molar-refractivity contribution < 1.29 is 4.42 Å². The zero-order valence-corrected chi connectivity index (χ0v) is 23.1. The van der Waals surface area contributed by atoms with Crippen LogP contribution in [0.25, 0.3) is 75.5 Å². The lowest BCUT2D eigenvalue weighted by Gasteiger charge is -2.12. The van der Waals surface area contributed by atoms with Crippen LogP contribution in [-0.2, 0) is 0 Å². The Morgan fingerprint density at radius 2 is 1.00 bits per heavy atom. The van der Waals surface area contributed by atoms with E-state index in [0.717, 1.165) is 55.3 Å². The lowest BCUT2D eigenvalue weighted by atomic mass is 9.91. The Hall–Kier alpha value is -5.68. The van der Waals surface area contributed by atoms with Gasteiger partial charge >= 0.3 is 0 Å². The molecule has 0 aliphatic rings. The summed E-state index contributed by atoms with van der Waals surface area (Å²) in [7, 11) is 0. The molecule has 4 heteroatoms. The Morgan fingerprint density at radius 3 is 1.76 bits per heavy atom. The van der Waals surface area contributed by atoms with Gasteiger partial charge < -0.3 is 4.42 Å². The summed E-state index contributed by atoms with van der Waals surface area (Å²) in [6, 6.07) is 46.0. The molecule has 0 N–H and O–H groups in total. The molecule has 0 spiro atoms. The quantitative estimate of drug-likeness (QED) is 0.219. The molecule has 0 radical (unpaired) electrons. The van der Waals surface area contributed by atoms with E-state index >= 15 is 0 Å². The molecule has 0 amide bonds. The zero-order valence-electron chi connectivity index (χ0n) is 22.3. The maximum Gasteiger partial charge on any atom is 0.135 e. The van der Waals surface area contributed by atoms with Crippen LogP contribution in [0.4, 0.5) is 0 Å². The van der Waals surface area contributed by atoms with E-state index in [9.17, 15) is 10.5 Å². The number of thiophene rings is 1. The highest BCUT2D eigenvalue weighted by atomic mass is 32.1. The first-order valence-corrected chi connectivity index (χ1v) is 14.4. The SMILES string of the molecule is N#Cc1ccc(-c2cc(-c3ccc4oc5ccccc5c4c3)cc(-c3ccc4sc5ccccc5c4c3)c2)cc1C#N. The number of hydrogen-bond donors (Lipinski definition) is 0. The molecular formula is C38H20N2OS. The summed E-state index contributed by atoms with van der Waals surface area (Å²) in [5.74, 6) is 0. The largest absolute Gasteiger partial charge is 0.456 e. The van der Waals surface area contributed by atoms with Crippen molar-refractivity contribution in [1.82, 2.24) is 0 Å². The minimum Gasteiger partial charge on any atom is -0.456 e. The first-order chi connectivity index (χ1) is 20.7. The van der Waals surface area contributed by atoms with Crippen LogP contribution in [0.1, 0.15) is 11.1 Å². The number of furan rings is 1. The predicted octanol–water partition coefficient (Wildman–Crippen LogP) is 10.7. The van der Waals surface area contributed by atoms with Crippen molar-refractivity contribution in [2.45, 2.75) is 0 Å². The molecule has 6 aromatic carbocycles. The topological polar surface area (TPSA) is 60.7 Å². The van der Waals surface area contributed by atoms with Crippen molar-refractivity contribution in [3.05, 3.63) is 132 Å². The molecule has 2 heterocycles. The third-order valence-corrected chi connectivity index (χ3v) is 9.10. The molecule has 0 saturated heterocycles. The van der Waals surface area contributed by atoms with Gasteiger partial charge in [0.2, 0.25) is 0 Å². The Labute approximate surface area is 245 Å². The maximum atomic E-state index is 9.71. The summed E-state index contributed by atoms with van der Waals surface area (Å²) < 4.78 is 8.63. The smallest absolute Gasteiger partial charge is 0.135 e. The third-order valence-electron chi connectivity index (χ3n) is 7.95. The second-order valence-corrected chi connectivity index (χ2v) is 11.5. The molecule has 0 saturated carbocycles. The van der Waals surface area contributed by atoms with Gasteiger partial charge in [0.1, 0.15) is 23.3 Å². The molecule has 2 aromatic heterocycles. The summed E-state index contributed by atoms with van der Waals surface area (Å²) >= 11 is 1.81. The van der Waals surface area contributed by atoms with Gasteiger partial charge in [0.25, 0.3) is 0 Å². The summed E-state index contributed by atoms with van der Waals surface area (Å²) in [4.78, 5) is 0. The fourth-order valence-corrected chi connectivity index (χ4v) is 6.94. The molecular weight excluding hydrogens is 532 g/mol. The average Bonchev–Trinajstić information content (AvgIpc) is 3.61. The Balaban J connectivity index is 1.36. The van der Waals surface area contributed by atoms with Crippen molar-refractivity contribution in [1.29, 1.82) is 10.5 Å². The van der Waals surface area contributed by atoms with Gasteiger partial charge in [-0.2, -0.15) is 10.5 Å². The van der Waals surface area contributed by atoms with Crippen molar-refractivity contribution in [2.75, 3.05) is 0 Å². The third kappa shape index (κ3) is 3.86. The van der Waals surface area contributed by atoms with Crippen LogP contribution < -0.4 is 0 Å². The lowest BCUT2D eigenvalue weighted by Crippen LogP contribution is -1.89. The van der Waals surface area contributed by atoms with E-state index in [1.165, 1.54) is 20.2 Å². The molecule has 0 unspecified atom stereocenters.